The largest absolute Gasteiger partial charge is 0.350 e. The zero-order chi connectivity index (χ0) is 30.1. The van der Waals surface area contributed by atoms with Gasteiger partial charge in [-0.3, -0.25) is 9.59 Å². The topological polar surface area (TPSA) is 86.7 Å². The van der Waals surface area contributed by atoms with Crippen LogP contribution in [0.2, 0.25) is 0 Å². The molecule has 8 heteroatoms. The highest BCUT2D eigenvalue weighted by Gasteiger charge is 2.48. The van der Waals surface area contributed by atoms with Gasteiger partial charge in [0.2, 0.25) is 11.8 Å². The molecule has 2 atom stereocenters. The van der Waals surface area contributed by atoms with Crippen molar-refractivity contribution in [2.45, 2.75) is 81.2 Å². The molecule has 2 aromatic carbocycles. The molecule has 6 rings (SSSR count). The molecule has 2 N–H and O–H groups in total. The number of nitrogens with zero attached hydrogens (tertiary/aromatic N) is 3. The van der Waals surface area contributed by atoms with Crippen molar-refractivity contribution in [1.29, 1.82) is 0 Å². The van der Waals surface area contributed by atoms with E-state index in [2.05, 4.69) is 51.7 Å². The van der Waals surface area contributed by atoms with Crippen LogP contribution in [0.1, 0.15) is 74.0 Å². The monoisotopic (exact) mass is 583 g/mol. The normalized spacial score (nSPS) is 20.5. The van der Waals surface area contributed by atoms with Gasteiger partial charge in [-0.05, 0) is 54.9 Å². The SMILES string of the molecule is CN(C)C(=O)C1CC2(CCN(C(=O)C(Cc3cn(C)c4ccccc34)NC(=O)NC3CCCCC3)CC2)c2ccccc21. The van der Waals surface area contributed by atoms with Gasteiger partial charge in [-0.2, -0.15) is 0 Å². The minimum atomic E-state index is -0.664. The van der Waals surface area contributed by atoms with Gasteiger partial charge in [0.05, 0.1) is 5.92 Å². The van der Waals surface area contributed by atoms with Crippen molar-refractivity contribution in [3.05, 3.63) is 71.4 Å². The molecular formula is C35H45N5O3. The summed E-state index contributed by atoms with van der Waals surface area (Å²) >= 11 is 0. The van der Waals surface area contributed by atoms with E-state index in [0.29, 0.717) is 19.5 Å². The maximum Gasteiger partial charge on any atom is 0.315 e. The highest BCUT2D eigenvalue weighted by molar-refractivity contribution is 5.90. The van der Waals surface area contributed by atoms with Crippen LogP contribution in [-0.4, -0.2) is 71.5 Å². The fourth-order valence-electron chi connectivity index (χ4n) is 7.92. The van der Waals surface area contributed by atoms with E-state index in [-0.39, 0.29) is 35.2 Å². The predicted molar refractivity (Wildman–Crippen MR) is 169 cm³/mol. The number of para-hydroxylation sites is 1. The van der Waals surface area contributed by atoms with Crippen molar-refractivity contribution in [1.82, 2.24) is 25.0 Å². The molecule has 3 aliphatic rings. The number of urea groups is 1. The van der Waals surface area contributed by atoms with Crippen molar-refractivity contribution in [2.75, 3.05) is 27.2 Å². The third kappa shape index (κ3) is 5.76. The number of amides is 4. The second-order valence-corrected chi connectivity index (χ2v) is 13.2. The van der Waals surface area contributed by atoms with Crippen molar-refractivity contribution >= 4 is 28.7 Å². The first-order chi connectivity index (χ1) is 20.8. The van der Waals surface area contributed by atoms with Crippen molar-refractivity contribution in [3.63, 3.8) is 0 Å². The fourth-order valence-corrected chi connectivity index (χ4v) is 7.92. The van der Waals surface area contributed by atoms with Gasteiger partial charge < -0.3 is 25.0 Å². The molecule has 3 aromatic rings. The molecule has 4 amide bonds. The standard InChI is InChI=1S/C35H45N5O3/c1-38(2)32(41)28-22-35(29-15-9-7-14-27(28)29)17-19-40(20-18-35)33(42)30(37-34(43)36-25-11-5-4-6-12-25)21-24-23-39(3)31-16-10-8-13-26(24)31/h7-10,13-16,23,25,28,30H,4-6,11-12,17-22H2,1-3H3,(H2,36,37,43). The number of piperidine rings is 1. The summed E-state index contributed by atoms with van der Waals surface area (Å²) in [6, 6.07) is 15.8. The number of likely N-dealkylation sites (tertiary alicyclic amines) is 1. The zero-order valence-electron chi connectivity index (χ0n) is 25.8. The Hall–Kier alpha value is -3.81. The van der Waals surface area contributed by atoms with Gasteiger partial charge >= 0.3 is 6.03 Å². The number of nitrogens with one attached hydrogen (secondary N) is 2. The summed E-state index contributed by atoms with van der Waals surface area (Å²) in [5.41, 5.74) is 4.45. The second-order valence-electron chi connectivity index (χ2n) is 13.2. The van der Waals surface area contributed by atoms with Crippen molar-refractivity contribution in [3.8, 4) is 0 Å². The van der Waals surface area contributed by atoms with Gasteiger partial charge in [0.15, 0.2) is 0 Å². The number of rotatable bonds is 6. The fraction of sp³-hybridized carbons (Fsp3) is 0.514. The molecule has 1 aromatic heterocycles. The highest BCUT2D eigenvalue weighted by atomic mass is 16.2. The lowest BCUT2D eigenvalue weighted by molar-refractivity contribution is -0.135. The second kappa shape index (κ2) is 12.1. The number of hydrogen-bond acceptors (Lipinski definition) is 3. The van der Waals surface area contributed by atoms with Crippen LogP contribution < -0.4 is 10.6 Å². The van der Waals surface area contributed by atoms with Crippen LogP contribution in [0.15, 0.2) is 54.7 Å². The Labute approximate surface area is 254 Å². The van der Waals surface area contributed by atoms with Crippen molar-refractivity contribution < 1.29 is 14.4 Å². The van der Waals surface area contributed by atoms with Gasteiger partial charge in [-0.25, -0.2) is 4.79 Å². The number of likely N-dealkylation sites (N-methyl/N-ethyl adjacent to an activating group) is 1. The maximum atomic E-state index is 14.2. The van der Waals surface area contributed by atoms with Gasteiger partial charge in [-0.15, -0.1) is 0 Å². The summed E-state index contributed by atoms with van der Waals surface area (Å²) in [5, 5.41) is 7.35. The van der Waals surface area contributed by atoms with Crippen LogP contribution in [0.4, 0.5) is 4.79 Å². The van der Waals surface area contributed by atoms with Crippen LogP contribution in [0.3, 0.4) is 0 Å². The van der Waals surface area contributed by atoms with Gasteiger partial charge in [0.1, 0.15) is 6.04 Å². The number of aromatic nitrogens is 1. The lowest BCUT2D eigenvalue weighted by atomic mass is 9.73. The number of fused-ring (bicyclic) bond motifs is 3. The zero-order valence-corrected chi connectivity index (χ0v) is 25.8. The van der Waals surface area contributed by atoms with Crippen LogP contribution >= 0.6 is 0 Å². The van der Waals surface area contributed by atoms with Crippen LogP contribution in [0, 0.1) is 0 Å². The minimum absolute atomic E-state index is 0.0335. The Morgan fingerprint density at radius 2 is 1.67 bits per heavy atom. The minimum Gasteiger partial charge on any atom is -0.350 e. The van der Waals surface area contributed by atoms with E-state index >= 15 is 0 Å². The van der Waals surface area contributed by atoms with E-state index in [1.165, 1.54) is 12.0 Å². The quantitative estimate of drug-likeness (QED) is 0.435. The van der Waals surface area contributed by atoms with Gasteiger partial charge in [-0.1, -0.05) is 61.7 Å². The molecule has 0 radical (unpaired) electrons. The Morgan fingerprint density at radius 1 is 0.977 bits per heavy atom. The molecule has 1 spiro atoms. The lowest BCUT2D eigenvalue weighted by Crippen LogP contribution is -2.56. The first kappa shape index (κ1) is 29.3. The van der Waals surface area contributed by atoms with E-state index in [0.717, 1.165) is 67.0 Å². The van der Waals surface area contributed by atoms with E-state index in [9.17, 15) is 14.4 Å². The third-order valence-corrected chi connectivity index (χ3v) is 10.2. The van der Waals surface area contributed by atoms with Crippen LogP contribution in [0.5, 0.6) is 0 Å². The smallest absolute Gasteiger partial charge is 0.315 e. The molecule has 0 bridgehead atoms. The molecule has 43 heavy (non-hydrogen) atoms. The van der Waals surface area contributed by atoms with Crippen molar-refractivity contribution in [2.24, 2.45) is 7.05 Å². The molecule has 2 aliphatic carbocycles. The summed E-state index contributed by atoms with van der Waals surface area (Å²) in [7, 11) is 5.67. The molecule has 2 unspecified atom stereocenters. The Kier molecular flexibility index (Phi) is 8.21. The molecule has 1 saturated heterocycles. The Bertz CT molecular complexity index is 1500. The average molecular weight is 584 g/mol. The van der Waals surface area contributed by atoms with Crippen LogP contribution in [0.25, 0.3) is 10.9 Å². The summed E-state index contributed by atoms with van der Waals surface area (Å²) < 4.78 is 2.09. The summed E-state index contributed by atoms with van der Waals surface area (Å²) in [5.74, 6) is -0.0300. The van der Waals surface area contributed by atoms with E-state index in [1.807, 2.05) is 44.2 Å². The maximum absolute atomic E-state index is 14.2. The van der Waals surface area contributed by atoms with E-state index < -0.39 is 6.04 Å². The summed E-state index contributed by atoms with van der Waals surface area (Å²) in [6.45, 7) is 1.21. The summed E-state index contributed by atoms with van der Waals surface area (Å²) in [6.07, 6.45) is 10.4. The molecule has 228 valence electrons. The Balaban J connectivity index is 1.20. The summed E-state index contributed by atoms with van der Waals surface area (Å²) in [4.78, 5) is 44.2. The highest BCUT2D eigenvalue weighted by Crippen LogP contribution is 2.52. The molecule has 1 aliphatic heterocycles. The van der Waals surface area contributed by atoms with Gasteiger partial charge in [0.25, 0.3) is 0 Å². The van der Waals surface area contributed by atoms with E-state index in [1.54, 1.807) is 4.90 Å². The number of carbonyl (C=O) groups excluding carboxylic acids is 3. The number of hydrogen-bond donors (Lipinski definition) is 2. The number of aryl methyl sites for hydroxylation is 1. The molecule has 2 fully saturated rings. The molecule has 8 nitrogen and oxygen atoms in total. The lowest BCUT2D eigenvalue weighted by Gasteiger charge is -2.41. The first-order valence-electron chi connectivity index (χ1n) is 15.9. The molecule has 2 heterocycles. The molecule has 1 saturated carbocycles. The molecular weight excluding hydrogens is 538 g/mol. The third-order valence-electron chi connectivity index (χ3n) is 10.2. The van der Waals surface area contributed by atoms with Gasteiger partial charge in [0, 0.05) is 69.2 Å². The van der Waals surface area contributed by atoms with Crippen LogP contribution in [-0.2, 0) is 28.5 Å². The first-order valence-corrected chi connectivity index (χ1v) is 15.9. The average Bonchev–Trinajstić information content (AvgIpc) is 3.51. The predicted octanol–water partition coefficient (Wildman–Crippen LogP) is 4.86. The Morgan fingerprint density at radius 3 is 2.42 bits per heavy atom. The van der Waals surface area contributed by atoms with E-state index in [4.69, 9.17) is 0 Å². The number of carbonyl (C=O) groups is 3. The number of benzene rings is 2.